The third kappa shape index (κ3) is 4.98. The number of fused-ring (bicyclic) bond motifs is 1. The molecule has 1 aliphatic heterocycles. The summed E-state index contributed by atoms with van der Waals surface area (Å²) in [5.74, 6) is -0.358. The van der Waals surface area contributed by atoms with E-state index in [1.165, 1.54) is 0 Å². The number of likely N-dealkylation sites (N-methyl/N-ethyl adjacent to an activating group) is 1. The Hall–Kier alpha value is -3.69. The van der Waals surface area contributed by atoms with Crippen molar-refractivity contribution in [3.63, 3.8) is 0 Å². The van der Waals surface area contributed by atoms with E-state index < -0.39 is 12.0 Å². The average Bonchev–Trinajstić information content (AvgIpc) is 3.25. The summed E-state index contributed by atoms with van der Waals surface area (Å²) in [5.41, 5.74) is 3.25. The number of oxazole rings is 1. The Morgan fingerprint density at radius 2 is 1.94 bits per heavy atom. The maximum absolute atomic E-state index is 13.4. The van der Waals surface area contributed by atoms with Gasteiger partial charge in [-0.05, 0) is 37.9 Å². The van der Waals surface area contributed by atoms with Gasteiger partial charge in [-0.15, -0.1) is 0 Å². The summed E-state index contributed by atoms with van der Waals surface area (Å²) in [6.45, 7) is 1.24. The molecule has 2 unspecified atom stereocenters. The van der Waals surface area contributed by atoms with Crippen LogP contribution < -0.4 is 16.0 Å². The fourth-order valence-electron chi connectivity index (χ4n) is 4.48. The van der Waals surface area contributed by atoms with Crippen LogP contribution in [0.3, 0.4) is 0 Å². The van der Waals surface area contributed by atoms with E-state index in [1.807, 2.05) is 61.5 Å². The van der Waals surface area contributed by atoms with Crippen LogP contribution in [-0.4, -0.2) is 54.7 Å². The molecule has 10 heteroatoms. The van der Waals surface area contributed by atoms with Crippen molar-refractivity contribution < 1.29 is 14.0 Å². The van der Waals surface area contributed by atoms with Gasteiger partial charge in [-0.2, -0.15) is 4.98 Å². The van der Waals surface area contributed by atoms with Crippen molar-refractivity contribution in [2.45, 2.75) is 18.9 Å². The van der Waals surface area contributed by atoms with Crippen LogP contribution >= 0.6 is 11.6 Å². The summed E-state index contributed by atoms with van der Waals surface area (Å²) in [6, 6.07) is 14.4. The van der Waals surface area contributed by atoms with E-state index in [-0.39, 0.29) is 24.1 Å². The minimum Gasteiger partial charge on any atom is -0.423 e. The number of nitrogens with one attached hydrogen (secondary N) is 3. The first-order chi connectivity index (χ1) is 17.4. The molecule has 1 amide bonds. The van der Waals surface area contributed by atoms with Crippen molar-refractivity contribution in [1.29, 1.82) is 0 Å². The number of benzene rings is 2. The lowest BCUT2D eigenvalue weighted by molar-refractivity contribution is -0.129. The molecule has 9 nitrogen and oxygen atoms in total. The molecule has 0 spiro atoms. The SMILES string of the molecule is CN(C)CCNC(=O)C1CC(=O)C2=C(C1)NC(Nc1nc3ccccc3o1)=NC2c1ccccc1Cl. The maximum atomic E-state index is 13.4. The lowest BCUT2D eigenvalue weighted by Crippen LogP contribution is -2.44. The second-order valence-electron chi connectivity index (χ2n) is 9.15. The monoisotopic (exact) mass is 506 g/mol. The maximum Gasteiger partial charge on any atom is 0.302 e. The lowest BCUT2D eigenvalue weighted by atomic mass is 9.80. The van der Waals surface area contributed by atoms with E-state index in [4.69, 9.17) is 21.0 Å². The highest BCUT2D eigenvalue weighted by molar-refractivity contribution is 6.31. The van der Waals surface area contributed by atoms with Gasteiger partial charge in [-0.3, -0.25) is 14.9 Å². The Kier molecular flexibility index (Phi) is 6.75. The van der Waals surface area contributed by atoms with Crippen LogP contribution in [0.5, 0.6) is 0 Å². The van der Waals surface area contributed by atoms with E-state index in [0.29, 0.717) is 51.9 Å². The number of aromatic nitrogens is 1. The average molecular weight is 507 g/mol. The number of nitrogens with zero attached hydrogens (tertiary/aromatic N) is 3. The smallest absolute Gasteiger partial charge is 0.302 e. The minimum absolute atomic E-state index is 0.119. The number of halogens is 1. The zero-order valence-corrected chi connectivity index (χ0v) is 20.8. The number of rotatable bonds is 6. The standard InChI is InChI=1S/C26H27ClN6O3/c1-33(2)12-11-28-24(35)15-13-19-22(20(34)14-15)23(16-7-3-4-8-17(16)27)31-25(29-19)32-26-30-18-9-5-6-10-21(18)36-26/h3-10,15,23H,11-14H2,1-2H3,(H,28,35)(H2,29,30,31,32). The third-order valence-corrected chi connectivity index (χ3v) is 6.60. The number of guanidine groups is 1. The fraction of sp³-hybridized carbons (Fsp3) is 0.308. The minimum atomic E-state index is -0.618. The normalized spacial score (nSPS) is 19.7. The van der Waals surface area contributed by atoms with Gasteiger partial charge in [0.2, 0.25) is 11.9 Å². The van der Waals surface area contributed by atoms with Crippen LogP contribution in [0, 0.1) is 5.92 Å². The lowest BCUT2D eigenvalue weighted by Gasteiger charge is -2.33. The van der Waals surface area contributed by atoms with Gasteiger partial charge < -0.3 is 20.0 Å². The summed E-state index contributed by atoms with van der Waals surface area (Å²) in [6.07, 6.45) is 0.503. The molecule has 186 valence electrons. The van der Waals surface area contributed by atoms with Crippen molar-refractivity contribution in [2.75, 3.05) is 32.5 Å². The molecule has 2 atom stereocenters. The highest BCUT2D eigenvalue weighted by Gasteiger charge is 2.39. The van der Waals surface area contributed by atoms with Gasteiger partial charge >= 0.3 is 6.01 Å². The Bertz CT molecular complexity index is 1350. The summed E-state index contributed by atoms with van der Waals surface area (Å²) in [4.78, 5) is 37.4. The Labute approximate surface area is 213 Å². The number of anilines is 1. The number of Topliss-reactive ketones (excluding diaryl/α,β-unsaturated/α-hetero) is 1. The summed E-state index contributed by atoms with van der Waals surface area (Å²) >= 11 is 6.52. The van der Waals surface area contributed by atoms with E-state index in [1.54, 1.807) is 6.07 Å². The van der Waals surface area contributed by atoms with Crippen molar-refractivity contribution in [3.05, 3.63) is 70.4 Å². The number of ketones is 1. The Balaban J connectivity index is 1.44. The first kappa shape index (κ1) is 24.0. The molecule has 5 rings (SSSR count). The summed E-state index contributed by atoms with van der Waals surface area (Å²) in [7, 11) is 3.89. The molecule has 3 aromatic rings. The molecule has 0 saturated heterocycles. The Morgan fingerprint density at radius 3 is 2.72 bits per heavy atom. The molecule has 2 aliphatic rings. The molecule has 1 aliphatic carbocycles. The number of carbonyl (C=O) groups excluding carboxylic acids is 2. The van der Waals surface area contributed by atoms with Crippen LogP contribution in [0.1, 0.15) is 24.4 Å². The fourth-order valence-corrected chi connectivity index (χ4v) is 4.72. The molecule has 0 fully saturated rings. The quantitative estimate of drug-likeness (QED) is 0.469. The molecule has 3 N–H and O–H groups in total. The molecule has 2 aromatic carbocycles. The summed E-state index contributed by atoms with van der Waals surface area (Å²) in [5, 5.41) is 9.77. The molecule has 1 aromatic heterocycles. The second kappa shape index (κ2) is 10.1. The number of hydrogen-bond donors (Lipinski definition) is 3. The topological polar surface area (TPSA) is 112 Å². The number of allylic oxidation sites excluding steroid dienone is 1. The zero-order chi connectivity index (χ0) is 25.2. The molecular formula is C26H27ClN6O3. The van der Waals surface area contributed by atoms with Crippen LogP contribution in [0.4, 0.5) is 6.01 Å². The molecule has 2 heterocycles. The van der Waals surface area contributed by atoms with Crippen LogP contribution in [-0.2, 0) is 9.59 Å². The first-order valence-corrected chi connectivity index (χ1v) is 12.2. The van der Waals surface area contributed by atoms with Crippen molar-refractivity contribution in [3.8, 4) is 0 Å². The van der Waals surface area contributed by atoms with Crippen LogP contribution in [0.15, 0.2) is 69.2 Å². The number of para-hydroxylation sites is 2. The highest BCUT2D eigenvalue weighted by atomic mass is 35.5. The third-order valence-electron chi connectivity index (χ3n) is 6.26. The number of amides is 1. The predicted molar refractivity (Wildman–Crippen MR) is 139 cm³/mol. The van der Waals surface area contributed by atoms with Gasteiger partial charge in [0.1, 0.15) is 11.6 Å². The van der Waals surface area contributed by atoms with E-state index in [2.05, 4.69) is 20.9 Å². The second-order valence-corrected chi connectivity index (χ2v) is 9.56. The summed E-state index contributed by atoms with van der Waals surface area (Å²) < 4.78 is 5.80. The zero-order valence-electron chi connectivity index (χ0n) is 20.0. The largest absolute Gasteiger partial charge is 0.423 e. The first-order valence-electron chi connectivity index (χ1n) is 11.8. The van der Waals surface area contributed by atoms with Crippen molar-refractivity contribution in [2.24, 2.45) is 10.9 Å². The predicted octanol–water partition coefficient (Wildman–Crippen LogP) is 3.50. The molecular weight excluding hydrogens is 480 g/mol. The van der Waals surface area contributed by atoms with Crippen molar-refractivity contribution in [1.82, 2.24) is 20.5 Å². The van der Waals surface area contributed by atoms with E-state index >= 15 is 0 Å². The van der Waals surface area contributed by atoms with Gasteiger partial charge in [0.05, 0.1) is 5.92 Å². The molecule has 0 saturated carbocycles. The number of hydrogen-bond acceptors (Lipinski definition) is 8. The van der Waals surface area contributed by atoms with Gasteiger partial charge in [0, 0.05) is 42.2 Å². The van der Waals surface area contributed by atoms with Gasteiger partial charge in [-0.25, -0.2) is 4.99 Å². The van der Waals surface area contributed by atoms with E-state index in [9.17, 15) is 9.59 Å². The van der Waals surface area contributed by atoms with Gasteiger partial charge in [0.25, 0.3) is 0 Å². The van der Waals surface area contributed by atoms with Crippen molar-refractivity contribution >= 4 is 46.4 Å². The Morgan fingerprint density at radius 1 is 1.17 bits per heavy atom. The molecule has 36 heavy (non-hydrogen) atoms. The van der Waals surface area contributed by atoms with Crippen LogP contribution in [0.2, 0.25) is 5.02 Å². The molecule has 0 radical (unpaired) electrons. The number of carbonyl (C=O) groups is 2. The highest BCUT2D eigenvalue weighted by Crippen LogP contribution is 2.40. The van der Waals surface area contributed by atoms with Gasteiger partial charge in [-0.1, -0.05) is 41.9 Å². The van der Waals surface area contributed by atoms with Crippen LogP contribution in [0.25, 0.3) is 11.1 Å². The van der Waals surface area contributed by atoms with Gasteiger partial charge in [0.15, 0.2) is 11.4 Å². The number of aliphatic imine (C=N–C) groups is 1. The molecule has 0 bridgehead atoms. The van der Waals surface area contributed by atoms with E-state index in [0.717, 1.165) is 6.54 Å².